The predicted molar refractivity (Wildman–Crippen MR) is 95.4 cm³/mol. The molecule has 25 heavy (non-hydrogen) atoms. The van der Waals surface area contributed by atoms with E-state index in [4.69, 9.17) is 9.47 Å². The molecule has 0 spiro atoms. The number of carbonyl (C=O) groups is 1. The van der Waals surface area contributed by atoms with Gasteiger partial charge in [0.2, 0.25) is 0 Å². The summed E-state index contributed by atoms with van der Waals surface area (Å²) in [6.07, 6.45) is 2.82. The molecule has 1 saturated heterocycles. The molecule has 2 heterocycles. The van der Waals surface area contributed by atoms with Crippen molar-refractivity contribution in [3.05, 3.63) is 41.7 Å². The number of carbonyl (C=O) groups excluding carboxylic acids is 1. The minimum Gasteiger partial charge on any atom is -0.494 e. The Hall–Kier alpha value is -2.34. The van der Waals surface area contributed by atoms with Gasteiger partial charge in [-0.2, -0.15) is 5.10 Å². The Labute approximate surface area is 148 Å². The second-order valence-electron chi connectivity index (χ2n) is 6.39. The lowest BCUT2D eigenvalue weighted by Gasteiger charge is -2.22. The third-order valence-electron chi connectivity index (χ3n) is 4.56. The van der Waals surface area contributed by atoms with Crippen molar-refractivity contribution in [3.8, 4) is 11.4 Å². The van der Waals surface area contributed by atoms with Crippen LogP contribution in [0.4, 0.5) is 0 Å². The predicted octanol–water partition coefficient (Wildman–Crippen LogP) is 2.69. The molecule has 1 atom stereocenters. The van der Waals surface area contributed by atoms with Crippen molar-refractivity contribution in [1.82, 2.24) is 14.7 Å². The number of nitrogens with zero attached hydrogens (tertiary/aromatic N) is 3. The van der Waals surface area contributed by atoms with E-state index in [0.717, 1.165) is 43.2 Å². The highest BCUT2D eigenvalue weighted by atomic mass is 16.5. The largest absolute Gasteiger partial charge is 0.494 e. The lowest BCUT2D eigenvalue weighted by molar-refractivity contribution is 0.0724. The number of methoxy groups -OCH3 is 1. The fraction of sp³-hybridized carbons (Fsp3) is 0.474. The third kappa shape index (κ3) is 3.85. The van der Waals surface area contributed by atoms with Crippen molar-refractivity contribution in [3.63, 3.8) is 0 Å². The molecule has 0 radical (unpaired) electrons. The molecule has 1 fully saturated rings. The van der Waals surface area contributed by atoms with Gasteiger partial charge in [0, 0.05) is 31.8 Å². The molecule has 0 N–H and O–H groups in total. The molecule has 0 bridgehead atoms. The molecule has 1 aliphatic rings. The number of aryl methyl sites for hydroxylation is 1. The second-order valence-corrected chi connectivity index (χ2v) is 6.39. The summed E-state index contributed by atoms with van der Waals surface area (Å²) < 4.78 is 12.5. The quantitative estimate of drug-likeness (QED) is 0.809. The van der Waals surface area contributed by atoms with Gasteiger partial charge in [0.1, 0.15) is 11.4 Å². The molecular formula is C19H25N3O3. The van der Waals surface area contributed by atoms with Crippen molar-refractivity contribution in [2.45, 2.75) is 20.3 Å². The maximum absolute atomic E-state index is 12.8. The number of amides is 1. The fourth-order valence-corrected chi connectivity index (χ4v) is 3.11. The minimum absolute atomic E-state index is 0.0419. The van der Waals surface area contributed by atoms with E-state index in [1.165, 1.54) is 0 Å². The van der Waals surface area contributed by atoms with Crippen LogP contribution in [0.1, 0.15) is 29.4 Å². The van der Waals surface area contributed by atoms with Gasteiger partial charge in [-0.1, -0.05) is 6.07 Å². The van der Waals surface area contributed by atoms with E-state index in [2.05, 4.69) is 5.10 Å². The van der Waals surface area contributed by atoms with Crippen LogP contribution in [-0.2, 0) is 4.74 Å². The average molecular weight is 343 g/mol. The highest BCUT2D eigenvalue weighted by Crippen LogP contribution is 2.24. The number of hydrogen-bond acceptors (Lipinski definition) is 4. The molecule has 6 nitrogen and oxygen atoms in total. The Morgan fingerprint density at radius 1 is 1.44 bits per heavy atom. The maximum atomic E-state index is 12.8. The van der Waals surface area contributed by atoms with Crippen molar-refractivity contribution in [2.24, 2.45) is 5.92 Å². The van der Waals surface area contributed by atoms with Gasteiger partial charge in [-0.15, -0.1) is 0 Å². The molecule has 6 heteroatoms. The first-order chi connectivity index (χ1) is 12.1. The van der Waals surface area contributed by atoms with E-state index in [0.29, 0.717) is 18.2 Å². The fourth-order valence-electron chi connectivity index (χ4n) is 3.11. The third-order valence-corrected chi connectivity index (χ3v) is 4.56. The van der Waals surface area contributed by atoms with Crippen LogP contribution in [0.3, 0.4) is 0 Å². The van der Waals surface area contributed by atoms with Crippen LogP contribution in [0.5, 0.6) is 5.75 Å². The van der Waals surface area contributed by atoms with Crippen LogP contribution in [0.2, 0.25) is 0 Å². The Balaban J connectivity index is 1.80. The van der Waals surface area contributed by atoms with Crippen LogP contribution >= 0.6 is 0 Å². The summed E-state index contributed by atoms with van der Waals surface area (Å²) in [6.45, 7) is 6.91. The number of rotatable bonds is 6. The normalized spacial score (nSPS) is 16.8. The van der Waals surface area contributed by atoms with Crippen molar-refractivity contribution < 1.29 is 14.3 Å². The van der Waals surface area contributed by atoms with Gasteiger partial charge in [0.05, 0.1) is 13.7 Å². The molecule has 134 valence electrons. The standard InChI is InChI=1S/C19H25N3O3/c1-4-21(12-15-8-10-25-13-15)19(23)16-7-9-22(20-16)17-11-14(2)5-6-18(17)24-3/h5-7,9,11,15H,4,8,10,12-13H2,1-3H3/t15-/m0/s1. The molecule has 1 aromatic heterocycles. The van der Waals surface area contributed by atoms with Crippen LogP contribution in [-0.4, -0.2) is 54.0 Å². The summed E-state index contributed by atoms with van der Waals surface area (Å²) in [5.74, 6) is 1.10. The highest BCUT2D eigenvalue weighted by Gasteiger charge is 2.24. The molecule has 1 aromatic carbocycles. The Morgan fingerprint density at radius 3 is 2.96 bits per heavy atom. The minimum atomic E-state index is -0.0419. The van der Waals surface area contributed by atoms with Gasteiger partial charge in [-0.3, -0.25) is 4.79 Å². The molecule has 0 unspecified atom stereocenters. The molecule has 2 aromatic rings. The SMILES string of the molecule is CCN(C[C@@H]1CCOC1)C(=O)c1ccn(-c2cc(C)ccc2OC)n1. The van der Waals surface area contributed by atoms with Crippen molar-refractivity contribution in [2.75, 3.05) is 33.4 Å². The second kappa shape index (κ2) is 7.70. The van der Waals surface area contributed by atoms with Gasteiger partial charge in [0.15, 0.2) is 5.69 Å². The maximum Gasteiger partial charge on any atom is 0.274 e. The summed E-state index contributed by atoms with van der Waals surface area (Å²) in [5, 5.41) is 4.49. The molecule has 0 saturated carbocycles. The number of benzene rings is 1. The molecular weight excluding hydrogens is 318 g/mol. The van der Waals surface area contributed by atoms with Crippen LogP contribution < -0.4 is 4.74 Å². The summed E-state index contributed by atoms with van der Waals surface area (Å²) >= 11 is 0. The summed E-state index contributed by atoms with van der Waals surface area (Å²) in [6, 6.07) is 7.65. The lowest BCUT2D eigenvalue weighted by Crippen LogP contribution is -2.35. The van der Waals surface area contributed by atoms with E-state index in [9.17, 15) is 4.79 Å². The van der Waals surface area contributed by atoms with Gasteiger partial charge in [0.25, 0.3) is 5.91 Å². The van der Waals surface area contributed by atoms with Crippen molar-refractivity contribution >= 4 is 5.91 Å². The zero-order valence-electron chi connectivity index (χ0n) is 15.1. The van der Waals surface area contributed by atoms with Crippen LogP contribution in [0.15, 0.2) is 30.5 Å². The Bertz CT molecular complexity index is 735. The lowest BCUT2D eigenvalue weighted by atomic mass is 10.1. The van der Waals surface area contributed by atoms with Crippen LogP contribution in [0.25, 0.3) is 5.69 Å². The molecule has 1 aliphatic heterocycles. The van der Waals surface area contributed by atoms with E-state index in [1.54, 1.807) is 24.1 Å². The number of hydrogen-bond donors (Lipinski definition) is 0. The van der Waals surface area contributed by atoms with E-state index in [-0.39, 0.29) is 5.91 Å². The zero-order valence-corrected chi connectivity index (χ0v) is 15.1. The van der Waals surface area contributed by atoms with Crippen molar-refractivity contribution in [1.29, 1.82) is 0 Å². The van der Waals surface area contributed by atoms with Crippen LogP contribution in [0, 0.1) is 12.8 Å². The Kier molecular flexibility index (Phi) is 5.38. The van der Waals surface area contributed by atoms with Gasteiger partial charge in [-0.05, 0) is 44.0 Å². The highest BCUT2D eigenvalue weighted by molar-refractivity contribution is 5.92. The first-order valence-corrected chi connectivity index (χ1v) is 8.70. The number of aromatic nitrogens is 2. The first-order valence-electron chi connectivity index (χ1n) is 8.70. The molecule has 0 aliphatic carbocycles. The number of ether oxygens (including phenoxy) is 2. The Morgan fingerprint density at radius 2 is 2.28 bits per heavy atom. The smallest absolute Gasteiger partial charge is 0.274 e. The summed E-state index contributed by atoms with van der Waals surface area (Å²) in [7, 11) is 1.63. The van der Waals surface area contributed by atoms with E-state index >= 15 is 0 Å². The zero-order chi connectivity index (χ0) is 17.8. The summed E-state index contributed by atoms with van der Waals surface area (Å²) in [5.41, 5.74) is 2.38. The molecule has 3 rings (SSSR count). The summed E-state index contributed by atoms with van der Waals surface area (Å²) in [4.78, 5) is 14.7. The van der Waals surface area contributed by atoms with E-state index in [1.807, 2.05) is 36.9 Å². The first kappa shape index (κ1) is 17.5. The van der Waals surface area contributed by atoms with E-state index < -0.39 is 0 Å². The topological polar surface area (TPSA) is 56.6 Å². The average Bonchev–Trinajstić information content (AvgIpc) is 3.30. The van der Waals surface area contributed by atoms with Gasteiger partial charge in [-0.25, -0.2) is 4.68 Å². The van der Waals surface area contributed by atoms with Gasteiger partial charge >= 0.3 is 0 Å². The van der Waals surface area contributed by atoms with Gasteiger partial charge < -0.3 is 14.4 Å². The molecule has 1 amide bonds. The monoisotopic (exact) mass is 343 g/mol.